The molecule has 0 unspecified atom stereocenters. The van der Waals surface area contributed by atoms with Crippen LogP contribution in [0.5, 0.6) is 0 Å². The van der Waals surface area contributed by atoms with Crippen LogP contribution in [-0.2, 0) is 12.7 Å². The average molecular weight is 257 g/mol. The Morgan fingerprint density at radius 2 is 2.06 bits per heavy atom. The van der Waals surface area contributed by atoms with Gasteiger partial charge in [0, 0.05) is 12.7 Å². The van der Waals surface area contributed by atoms with Gasteiger partial charge >= 0.3 is 6.18 Å². The van der Waals surface area contributed by atoms with Crippen molar-refractivity contribution in [2.45, 2.75) is 19.6 Å². The van der Waals surface area contributed by atoms with Gasteiger partial charge in [0.15, 0.2) is 11.5 Å². The molecule has 96 valence electrons. The van der Waals surface area contributed by atoms with Gasteiger partial charge in [-0.05, 0) is 19.1 Å². The summed E-state index contributed by atoms with van der Waals surface area (Å²) in [6.45, 7) is 2.63. The van der Waals surface area contributed by atoms with Gasteiger partial charge in [0.25, 0.3) is 0 Å². The molecule has 0 aliphatic carbocycles. The second-order valence-corrected chi connectivity index (χ2v) is 3.51. The van der Waals surface area contributed by atoms with E-state index in [-0.39, 0.29) is 5.82 Å². The van der Waals surface area contributed by atoms with E-state index in [1.807, 2.05) is 6.92 Å². The standard InChI is InChI=1S/C10H10F3N5/c1-2-18-6-7(5-14-18)15-9-4-3-8(16-17-9)10(11,12)13/h3-6H,2H2,1H3,(H,15,17). The second kappa shape index (κ2) is 4.63. The highest BCUT2D eigenvalue weighted by Gasteiger charge is 2.32. The van der Waals surface area contributed by atoms with Crippen LogP contribution in [0.2, 0.25) is 0 Å². The molecule has 1 N–H and O–H groups in total. The summed E-state index contributed by atoms with van der Waals surface area (Å²) in [5.74, 6) is 0.235. The molecule has 0 aliphatic rings. The van der Waals surface area contributed by atoms with E-state index in [4.69, 9.17) is 0 Å². The van der Waals surface area contributed by atoms with Crippen LogP contribution in [0.25, 0.3) is 0 Å². The summed E-state index contributed by atoms with van der Waals surface area (Å²) in [6, 6.07) is 2.10. The van der Waals surface area contributed by atoms with Crippen LogP contribution < -0.4 is 5.32 Å². The number of anilines is 2. The number of hydrogen-bond acceptors (Lipinski definition) is 4. The van der Waals surface area contributed by atoms with Crippen molar-refractivity contribution in [1.82, 2.24) is 20.0 Å². The number of rotatable bonds is 3. The average Bonchev–Trinajstić information content (AvgIpc) is 2.76. The minimum Gasteiger partial charge on any atom is -0.336 e. The van der Waals surface area contributed by atoms with Gasteiger partial charge < -0.3 is 5.32 Å². The van der Waals surface area contributed by atoms with Gasteiger partial charge in [0.1, 0.15) is 0 Å². The Labute approximate surface area is 101 Å². The van der Waals surface area contributed by atoms with Gasteiger partial charge in [-0.1, -0.05) is 0 Å². The van der Waals surface area contributed by atoms with E-state index in [9.17, 15) is 13.2 Å². The lowest BCUT2D eigenvalue weighted by Crippen LogP contribution is -2.09. The Hall–Kier alpha value is -2.12. The number of nitrogens with zero attached hydrogens (tertiary/aromatic N) is 4. The number of alkyl halides is 3. The Bertz CT molecular complexity index is 517. The highest BCUT2D eigenvalue weighted by atomic mass is 19.4. The fourth-order valence-corrected chi connectivity index (χ4v) is 1.30. The molecule has 0 bridgehead atoms. The minimum atomic E-state index is -4.47. The van der Waals surface area contributed by atoms with Crippen LogP contribution >= 0.6 is 0 Å². The second-order valence-electron chi connectivity index (χ2n) is 3.51. The lowest BCUT2D eigenvalue weighted by Gasteiger charge is -2.05. The number of hydrogen-bond donors (Lipinski definition) is 1. The molecular formula is C10H10F3N5. The Balaban J connectivity index is 2.11. The van der Waals surface area contributed by atoms with E-state index in [0.717, 1.165) is 6.07 Å². The maximum atomic E-state index is 12.3. The molecule has 8 heteroatoms. The van der Waals surface area contributed by atoms with Crippen LogP contribution in [0.3, 0.4) is 0 Å². The molecule has 2 rings (SSSR count). The number of aryl methyl sites for hydroxylation is 1. The largest absolute Gasteiger partial charge is 0.435 e. The van der Waals surface area contributed by atoms with Crippen molar-refractivity contribution >= 4 is 11.5 Å². The predicted octanol–water partition coefficient (Wildman–Crippen LogP) is 2.46. The zero-order chi connectivity index (χ0) is 13.2. The minimum absolute atomic E-state index is 0.235. The molecule has 0 aromatic carbocycles. The molecule has 0 spiro atoms. The Morgan fingerprint density at radius 1 is 1.28 bits per heavy atom. The predicted molar refractivity (Wildman–Crippen MR) is 58.2 cm³/mol. The summed E-state index contributed by atoms with van der Waals surface area (Å²) in [5.41, 5.74) is -0.372. The van der Waals surface area contributed by atoms with Crippen molar-refractivity contribution < 1.29 is 13.2 Å². The maximum absolute atomic E-state index is 12.3. The molecule has 0 aliphatic heterocycles. The number of aromatic nitrogens is 4. The van der Waals surface area contributed by atoms with Gasteiger partial charge in [0.2, 0.25) is 0 Å². The summed E-state index contributed by atoms with van der Waals surface area (Å²) >= 11 is 0. The summed E-state index contributed by atoms with van der Waals surface area (Å²) in [4.78, 5) is 0. The molecule has 0 saturated heterocycles. The maximum Gasteiger partial charge on any atom is 0.435 e. The molecule has 5 nitrogen and oxygen atoms in total. The van der Waals surface area contributed by atoms with E-state index in [1.165, 1.54) is 6.07 Å². The van der Waals surface area contributed by atoms with E-state index >= 15 is 0 Å². The quantitative estimate of drug-likeness (QED) is 0.917. The summed E-state index contributed by atoms with van der Waals surface area (Å²) in [7, 11) is 0. The zero-order valence-corrected chi connectivity index (χ0v) is 9.44. The molecular weight excluding hydrogens is 247 g/mol. The normalized spacial score (nSPS) is 11.6. The third-order valence-electron chi connectivity index (χ3n) is 2.18. The fraction of sp³-hybridized carbons (Fsp3) is 0.300. The van der Waals surface area contributed by atoms with Crippen LogP contribution in [0.4, 0.5) is 24.7 Å². The zero-order valence-electron chi connectivity index (χ0n) is 9.44. The van der Waals surface area contributed by atoms with Crippen LogP contribution in [0, 0.1) is 0 Å². The number of nitrogens with one attached hydrogen (secondary N) is 1. The summed E-state index contributed by atoms with van der Waals surface area (Å²) in [6.07, 6.45) is -1.19. The van der Waals surface area contributed by atoms with E-state index in [0.29, 0.717) is 12.2 Å². The summed E-state index contributed by atoms with van der Waals surface area (Å²) in [5, 5.41) is 13.4. The smallest absolute Gasteiger partial charge is 0.336 e. The van der Waals surface area contributed by atoms with Gasteiger partial charge in [-0.25, -0.2) is 0 Å². The molecule has 2 aromatic heterocycles. The molecule has 0 radical (unpaired) electrons. The lowest BCUT2D eigenvalue weighted by atomic mass is 10.4. The van der Waals surface area contributed by atoms with Crippen molar-refractivity contribution in [1.29, 1.82) is 0 Å². The molecule has 0 fully saturated rings. The first-order valence-electron chi connectivity index (χ1n) is 5.19. The summed E-state index contributed by atoms with van der Waals surface area (Å²) < 4.78 is 38.5. The SMILES string of the molecule is CCn1cc(Nc2ccc(C(F)(F)F)nn2)cn1. The highest BCUT2D eigenvalue weighted by molar-refractivity contribution is 5.53. The molecule has 0 amide bonds. The molecule has 2 heterocycles. The Kier molecular flexibility index (Phi) is 3.17. The monoisotopic (exact) mass is 257 g/mol. The first kappa shape index (κ1) is 12.3. The van der Waals surface area contributed by atoms with E-state index in [1.54, 1.807) is 17.1 Å². The van der Waals surface area contributed by atoms with Gasteiger partial charge in [-0.15, -0.1) is 10.2 Å². The van der Waals surface area contributed by atoms with Gasteiger partial charge in [-0.3, -0.25) is 4.68 Å². The van der Waals surface area contributed by atoms with E-state index < -0.39 is 11.9 Å². The van der Waals surface area contributed by atoms with Gasteiger partial charge in [-0.2, -0.15) is 18.3 Å². The molecule has 0 atom stereocenters. The van der Waals surface area contributed by atoms with Crippen molar-refractivity contribution in [3.8, 4) is 0 Å². The van der Waals surface area contributed by atoms with E-state index in [2.05, 4.69) is 20.6 Å². The van der Waals surface area contributed by atoms with Crippen LogP contribution in [-0.4, -0.2) is 20.0 Å². The molecule has 2 aromatic rings. The van der Waals surface area contributed by atoms with Crippen molar-refractivity contribution in [3.05, 3.63) is 30.2 Å². The van der Waals surface area contributed by atoms with Crippen molar-refractivity contribution in [3.63, 3.8) is 0 Å². The van der Waals surface area contributed by atoms with Crippen molar-refractivity contribution in [2.24, 2.45) is 0 Å². The van der Waals surface area contributed by atoms with Gasteiger partial charge in [0.05, 0.1) is 11.9 Å². The highest BCUT2D eigenvalue weighted by Crippen LogP contribution is 2.27. The topological polar surface area (TPSA) is 55.6 Å². The first-order chi connectivity index (χ1) is 8.49. The third kappa shape index (κ3) is 2.76. The Morgan fingerprint density at radius 3 is 2.56 bits per heavy atom. The van der Waals surface area contributed by atoms with Crippen LogP contribution in [0.1, 0.15) is 12.6 Å². The lowest BCUT2D eigenvalue weighted by molar-refractivity contribution is -0.141. The van der Waals surface area contributed by atoms with Crippen molar-refractivity contribution in [2.75, 3.05) is 5.32 Å². The fourth-order valence-electron chi connectivity index (χ4n) is 1.30. The molecule has 18 heavy (non-hydrogen) atoms. The van der Waals surface area contributed by atoms with Crippen LogP contribution in [0.15, 0.2) is 24.5 Å². The third-order valence-corrected chi connectivity index (χ3v) is 2.18. The molecule has 0 saturated carbocycles. The first-order valence-corrected chi connectivity index (χ1v) is 5.19. The number of halogens is 3.